The van der Waals surface area contributed by atoms with E-state index in [1.807, 2.05) is 52.9 Å². The van der Waals surface area contributed by atoms with Crippen LogP contribution >= 0.6 is 11.8 Å². The molecule has 2 aromatic carbocycles. The SMILES string of the molecule is COc1ccccc1Cn1c(=O)c2ccccc2n2c(SCC3CCCO3)nnc12. The first-order valence-corrected chi connectivity index (χ1v) is 11.0. The molecule has 1 unspecified atom stereocenters. The largest absolute Gasteiger partial charge is 0.496 e. The van der Waals surface area contributed by atoms with Gasteiger partial charge in [-0.15, -0.1) is 10.2 Å². The number of hydrogen-bond acceptors (Lipinski definition) is 6. The Balaban J connectivity index is 1.64. The van der Waals surface area contributed by atoms with Crippen LogP contribution in [0.4, 0.5) is 0 Å². The Morgan fingerprint density at radius 1 is 1.17 bits per heavy atom. The fraction of sp³-hybridized carbons (Fsp3) is 0.318. The van der Waals surface area contributed by atoms with Gasteiger partial charge < -0.3 is 9.47 Å². The number of para-hydroxylation sites is 2. The van der Waals surface area contributed by atoms with E-state index >= 15 is 0 Å². The van der Waals surface area contributed by atoms with Crippen LogP contribution in [0.25, 0.3) is 16.7 Å². The molecule has 0 radical (unpaired) electrons. The molecule has 3 heterocycles. The van der Waals surface area contributed by atoms with Crippen LogP contribution in [0, 0.1) is 0 Å². The van der Waals surface area contributed by atoms with Crippen LogP contribution in [0.3, 0.4) is 0 Å². The van der Waals surface area contributed by atoms with Crippen LogP contribution in [-0.4, -0.2) is 44.7 Å². The summed E-state index contributed by atoms with van der Waals surface area (Å²) in [6.45, 7) is 1.18. The zero-order chi connectivity index (χ0) is 20.5. The van der Waals surface area contributed by atoms with Crippen LogP contribution in [0.2, 0.25) is 0 Å². The lowest BCUT2D eigenvalue weighted by molar-refractivity contribution is 0.129. The van der Waals surface area contributed by atoms with Gasteiger partial charge >= 0.3 is 0 Å². The first kappa shape index (κ1) is 19.1. The molecule has 0 amide bonds. The summed E-state index contributed by atoms with van der Waals surface area (Å²) in [4.78, 5) is 13.3. The second kappa shape index (κ2) is 8.12. The lowest BCUT2D eigenvalue weighted by atomic mass is 10.2. The highest BCUT2D eigenvalue weighted by Gasteiger charge is 2.20. The van der Waals surface area contributed by atoms with Gasteiger partial charge in [-0.3, -0.25) is 13.8 Å². The number of fused-ring (bicyclic) bond motifs is 3. The van der Waals surface area contributed by atoms with Crippen molar-refractivity contribution >= 4 is 28.4 Å². The monoisotopic (exact) mass is 422 g/mol. The Kier molecular flexibility index (Phi) is 5.18. The molecule has 154 valence electrons. The van der Waals surface area contributed by atoms with E-state index in [9.17, 15) is 4.79 Å². The predicted molar refractivity (Wildman–Crippen MR) is 117 cm³/mol. The van der Waals surface area contributed by atoms with Gasteiger partial charge in [-0.05, 0) is 31.0 Å². The van der Waals surface area contributed by atoms with E-state index in [4.69, 9.17) is 9.47 Å². The topological polar surface area (TPSA) is 70.7 Å². The Morgan fingerprint density at radius 3 is 2.83 bits per heavy atom. The normalized spacial score (nSPS) is 16.5. The Labute approximate surface area is 177 Å². The maximum Gasteiger partial charge on any atom is 0.263 e. The molecule has 1 aliphatic heterocycles. The molecule has 7 nitrogen and oxygen atoms in total. The van der Waals surface area contributed by atoms with Gasteiger partial charge in [0.2, 0.25) is 5.78 Å². The first-order valence-electron chi connectivity index (χ1n) is 9.99. The zero-order valence-electron chi connectivity index (χ0n) is 16.7. The van der Waals surface area contributed by atoms with Gasteiger partial charge in [0, 0.05) is 17.9 Å². The van der Waals surface area contributed by atoms with E-state index in [0.29, 0.717) is 17.7 Å². The highest BCUT2D eigenvalue weighted by molar-refractivity contribution is 7.99. The quantitative estimate of drug-likeness (QED) is 0.444. The van der Waals surface area contributed by atoms with Crippen molar-refractivity contribution in [2.45, 2.75) is 30.6 Å². The van der Waals surface area contributed by atoms with Gasteiger partial charge in [0.15, 0.2) is 5.16 Å². The average molecular weight is 423 g/mol. The molecule has 1 saturated heterocycles. The average Bonchev–Trinajstić information content (AvgIpc) is 3.45. The number of nitrogens with zero attached hydrogens (tertiary/aromatic N) is 4. The Morgan fingerprint density at radius 2 is 2.00 bits per heavy atom. The van der Waals surface area contributed by atoms with Gasteiger partial charge in [-0.1, -0.05) is 42.1 Å². The molecule has 1 aliphatic rings. The molecular weight excluding hydrogens is 400 g/mol. The maximum absolute atomic E-state index is 13.3. The van der Waals surface area contributed by atoms with Crippen LogP contribution in [0.15, 0.2) is 58.5 Å². The Hall–Kier alpha value is -2.84. The minimum atomic E-state index is -0.0907. The van der Waals surface area contributed by atoms with Gasteiger partial charge in [0.05, 0.1) is 30.7 Å². The molecule has 0 N–H and O–H groups in total. The third kappa shape index (κ3) is 3.36. The van der Waals surface area contributed by atoms with Crippen LogP contribution in [0.5, 0.6) is 5.75 Å². The lowest BCUT2D eigenvalue weighted by Gasteiger charge is -2.13. The van der Waals surface area contributed by atoms with Crippen molar-refractivity contribution in [3.05, 3.63) is 64.4 Å². The first-order chi connectivity index (χ1) is 14.8. The summed E-state index contributed by atoms with van der Waals surface area (Å²) in [5.74, 6) is 2.09. The number of hydrogen-bond donors (Lipinski definition) is 0. The Bertz CT molecular complexity index is 1260. The minimum Gasteiger partial charge on any atom is -0.496 e. The molecule has 30 heavy (non-hydrogen) atoms. The van der Waals surface area contributed by atoms with E-state index in [1.54, 1.807) is 23.4 Å². The molecule has 0 bridgehead atoms. The number of methoxy groups -OCH3 is 1. The van der Waals surface area contributed by atoms with E-state index in [0.717, 1.165) is 47.2 Å². The minimum absolute atomic E-state index is 0.0907. The number of thioether (sulfide) groups is 1. The molecule has 4 aromatic rings. The molecule has 0 saturated carbocycles. The fourth-order valence-corrected chi connectivity index (χ4v) is 4.92. The molecule has 1 fully saturated rings. The fourth-order valence-electron chi connectivity index (χ4n) is 3.92. The second-order valence-corrected chi connectivity index (χ2v) is 8.27. The molecular formula is C22H22N4O3S. The summed E-state index contributed by atoms with van der Waals surface area (Å²) in [5.41, 5.74) is 1.64. The number of rotatable bonds is 6. The van der Waals surface area contributed by atoms with Crippen molar-refractivity contribution < 1.29 is 9.47 Å². The predicted octanol–water partition coefficient (Wildman–Crippen LogP) is 3.37. The molecule has 8 heteroatoms. The van der Waals surface area contributed by atoms with E-state index < -0.39 is 0 Å². The van der Waals surface area contributed by atoms with Crippen molar-refractivity contribution in [2.75, 3.05) is 19.5 Å². The summed E-state index contributed by atoms with van der Waals surface area (Å²) in [7, 11) is 1.63. The molecule has 2 aromatic heterocycles. The second-order valence-electron chi connectivity index (χ2n) is 7.28. The number of ether oxygens (including phenoxy) is 2. The summed E-state index contributed by atoms with van der Waals surface area (Å²) in [6, 6.07) is 15.3. The van der Waals surface area contributed by atoms with Crippen LogP contribution < -0.4 is 10.3 Å². The van der Waals surface area contributed by atoms with Crippen LogP contribution in [0.1, 0.15) is 18.4 Å². The maximum atomic E-state index is 13.3. The van der Waals surface area contributed by atoms with Crippen molar-refractivity contribution in [3.8, 4) is 5.75 Å². The molecule has 1 atom stereocenters. The van der Waals surface area contributed by atoms with Gasteiger partial charge in [0.1, 0.15) is 5.75 Å². The van der Waals surface area contributed by atoms with Crippen molar-refractivity contribution in [3.63, 3.8) is 0 Å². The van der Waals surface area contributed by atoms with Crippen molar-refractivity contribution in [1.82, 2.24) is 19.2 Å². The van der Waals surface area contributed by atoms with E-state index in [-0.39, 0.29) is 11.7 Å². The third-order valence-electron chi connectivity index (χ3n) is 5.42. The number of aromatic nitrogens is 4. The van der Waals surface area contributed by atoms with Gasteiger partial charge in [0.25, 0.3) is 5.56 Å². The van der Waals surface area contributed by atoms with Gasteiger partial charge in [-0.2, -0.15) is 0 Å². The molecule has 0 spiro atoms. The van der Waals surface area contributed by atoms with Crippen LogP contribution in [-0.2, 0) is 11.3 Å². The standard InChI is InChI=1S/C22H22N4O3S/c1-28-19-11-5-2-7-15(19)13-25-20(27)17-9-3-4-10-18(17)26-21(25)23-24-22(26)30-14-16-8-6-12-29-16/h2-5,7,9-11,16H,6,8,12-14H2,1H3. The summed E-state index contributed by atoms with van der Waals surface area (Å²) in [6.07, 6.45) is 2.42. The molecule has 5 rings (SSSR count). The highest BCUT2D eigenvalue weighted by atomic mass is 32.2. The van der Waals surface area contributed by atoms with E-state index in [2.05, 4.69) is 10.2 Å². The lowest BCUT2D eigenvalue weighted by Crippen LogP contribution is -2.24. The van der Waals surface area contributed by atoms with E-state index in [1.165, 1.54) is 0 Å². The summed E-state index contributed by atoms with van der Waals surface area (Å²) < 4.78 is 14.9. The van der Waals surface area contributed by atoms with Gasteiger partial charge in [-0.25, -0.2) is 0 Å². The molecule has 0 aliphatic carbocycles. The van der Waals surface area contributed by atoms with Crippen molar-refractivity contribution in [1.29, 1.82) is 0 Å². The summed E-state index contributed by atoms with van der Waals surface area (Å²) in [5, 5.41) is 10.2. The third-order valence-corrected chi connectivity index (χ3v) is 6.48. The zero-order valence-corrected chi connectivity index (χ0v) is 17.5. The summed E-state index contributed by atoms with van der Waals surface area (Å²) >= 11 is 1.62. The smallest absolute Gasteiger partial charge is 0.263 e. The highest BCUT2D eigenvalue weighted by Crippen LogP contribution is 2.26. The van der Waals surface area contributed by atoms with Crippen molar-refractivity contribution in [2.24, 2.45) is 0 Å². The number of benzene rings is 2.